The Morgan fingerprint density at radius 3 is 2.96 bits per heavy atom. The second-order valence-electron chi connectivity index (χ2n) is 7.48. The maximum atomic E-state index is 12.4. The van der Waals surface area contributed by atoms with Crippen LogP contribution >= 0.6 is 0 Å². The number of nitrogens with one attached hydrogen (secondary N) is 1. The van der Waals surface area contributed by atoms with Gasteiger partial charge in [-0.25, -0.2) is 0 Å². The van der Waals surface area contributed by atoms with Crippen LogP contribution in [-0.4, -0.2) is 37.9 Å². The van der Waals surface area contributed by atoms with Crippen LogP contribution in [0.1, 0.15) is 46.3 Å². The van der Waals surface area contributed by atoms with E-state index >= 15 is 0 Å². The van der Waals surface area contributed by atoms with E-state index in [4.69, 9.17) is 14.0 Å². The van der Waals surface area contributed by atoms with Crippen molar-refractivity contribution in [3.05, 3.63) is 52.9 Å². The Hall–Kier alpha value is -2.18. The zero-order valence-electron chi connectivity index (χ0n) is 15.6. The Morgan fingerprint density at radius 2 is 2.19 bits per heavy atom. The van der Waals surface area contributed by atoms with Crippen LogP contribution < -0.4 is 5.32 Å². The molecule has 1 fully saturated rings. The Morgan fingerprint density at radius 1 is 1.33 bits per heavy atom. The van der Waals surface area contributed by atoms with Gasteiger partial charge in [0.2, 0.25) is 0 Å². The van der Waals surface area contributed by atoms with Gasteiger partial charge < -0.3 is 19.3 Å². The van der Waals surface area contributed by atoms with Gasteiger partial charge in [-0.3, -0.25) is 4.79 Å². The fourth-order valence-electron chi connectivity index (χ4n) is 4.13. The normalized spacial score (nSPS) is 23.0. The maximum Gasteiger partial charge on any atom is 0.273 e. The summed E-state index contributed by atoms with van der Waals surface area (Å²) in [6.07, 6.45) is 3.79. The molecule has 2 heterocycles. The van der Waals surface area contributed by atoms with Gasteiger partial charge in [0, 0.05) is 32.2 Å². The van der Waals surface area contributed by atoms with Gasteiger partial charge in [-0.1, -0.05) is 29.4 Å². The number of nitrogens with zero attached hydrogens (tertiary/aromatic N) is 1. The summed E-state index contributed by atoms with van der Waals surface area (Å²) in [6, 6.07) is 10.3. The van der Waals surface area contributed by atoms with Crippen LogP contribution in [0.5, 0.6) is 0 Å². The first-order valence-electron chi connectivity index (χ1n) is 9.66. The number of aromatic nitrogens is 1. The van der Waals surface area contributed by atoms with Crippen molar-refractivity contribution in [3.8, 4) is 0 Å². The largest absolute Gasteiger partial charge is 0.381 e. The summed E-state index contributed by atoms with van der Waals surface area (Å²) in [5, 5.41) is 6.89. The van der Waals surface area contributed by atoms with Crippen LogP contribution in [-0.2, 0) is 22.3 Å². The molecule has 27 heavy (non-hydrogen) atoms. The number of ether oxygens (including phenoxy) is 2. The zero-order chi connectivity index (χ0) is 18.6. The number of rotatable bonds is 6. The number of methoxy groups -OCH3 is 1. The summed E-state index contributed by atoms with van der Waals surface area (Å²) in [7, 11) is 1.69. The SMILES string of the molecule is COC(c1cc(C(=O)NCC2CCOC2)no1)C1CCc2ccccc2C1. The van der Waals surface area contributed by atoms with E-state index < -0.39 is 0 Å². The molecule has 144 valence electrons. The number of fused-ring (bicyclic) bond motifs is 1. The van der Waals surface area contributed by atoms with Crippen LogP contribution in [0.3, 0.4) is 0 Å². The molecule has 0 spiro atoms. The highest BCUT2D eigenvalue weighted by Gasteiger charge is 2.31. The first-order chi connectivity index (χ1) is 13.2. The molecule has 1 amide bonds. The first kappa shape index (κ1) is 18.2. The van der Waals surface area contributed by atoms with E-state index in [1.54, 1.807) is 13.2 Å². The van der Waals surface area contributed by atoms with Crippen LogP contribution in [0.2, 0.25) is 0 Å². The number of hydrogen-bond donors (Lipinski definition) is 1. The summed E-state index contributed by atoms with van der Waals surface area (Å²) in [5.74, 6) is 1.11. The molecular formula is C21H26N2O4. The summed E-state index contributed by atoms with van der Waals surface area (Å²) < 4.78 is 16.6. The highest BCUT2D eigenvalue weighted by atomic mass is 16.5. The molecule has 6 heteroatoms. The predicted octanol–water partition coefficient (Wildman–Crippen LogP) is 2.93. The van der Waals surface area contributed by atoms with Crippen molar-refractivity contribution in [2.24, 2.45) is 11.8 Å². The van der Waals surface area contributed by atoms with Gasteiger partial charge in [-0.15, -0.1) is 0 Å². The molecule has 6 nitrogen and oxygen atoms in total. The summed E-state index contributed by atoms with van der Waals surface area (Å²) in [6.45, 7) is 2.09. The van der Waals surface area contributed by atoms with Gasteiger partial charge in [0.05, 0.1) is 6.61 Å². The number of benzene rings is 1. The smallest absolute Gasteiger partial charge is 0.273 e. The van der Waals surface area contributed by atoms with Crippen molar-refractivity contribution in [1.29, 1.82) is 0 Å². The molecule has 1 saturated heterocycles. The molecule has 1 N–H and O–H groups in total. The zero-order valence-corrected chi connectivity index (χ0v) is 15.6. The fourth-order valence-corrected chi connectivity index (χ4v) is 4.13. The second kappa shape index (κ2) is 8.23. The third kappa shape index (κ3) is 4.06. The van der Waals surface area contributed by atoms with Gasteiger partial charge in [-0.05, 0) is 42.7 Å². The maximum absolute atomic E-state index is 12.4. The minimum atomic E-state index is -0.208. The number of hydrogen-bond acceptors (Lipinski definition) is 5. The molecule has 3 unspecified atom stereocenters. The Kier molecular flexibility index (Phi) is 5.55. The molecular weight excluding hydrogens is 344 g/mol. The molecule has 0 radical (unpaired) electrons. The van der Waals surface area contributed by atoms with E-state index in [1.807, 2.05) is 0 Å². The van der Waals surface area contributed by atoms with Crippen molar-refractivity contribution in [2.75, 3.05) is 26.9 Å². The van der Waals surface area contributed by atoms with E-state index in [9.17, 15) is 4.79 Å². The van der Waals surface area contributed by atoms with Crippen LogP contribution in [0, 0.1) is 11.8 Å². The summed E-state index contributed by atoms with van der Waals surface area (Å²) in [5.41, 5.74) is 3.09. The van der Waals surface area contributed by atoms with Crippen molar-refractivity contribution in [3.63, 3.8) is 0 Å². The van der Waals surface area contributed by atoms with E-state index in [0.29, 0.717) is 36.4 Å². The lowest BCUT2D eigenvalue weighted by atomic mass is 9.80. The van der Waals surface area contributed by atoms with Gasteiger partial charge in [0.25, 0.3) is 5.91 Å². The van der Waals surface area contributed by atoms with Crippen molar-refractivity contribution < 1.29 is 18.8 Å². The van der Waals surface area contributed by atoms with Crippen molar-refractivity contribution in [2.45, 2.75) is 31.8 Å². The Balaban J connectivity index is 1.41. The summed E-state index contributed by atoms with van der Waals surface area (Å²) in [4.78, 5) is 12.4. The fraction of sp³-hybridized carbons (Fsp3) is 0.524. The van der Waals surface area contributed by atoms with Gasteiger partial charge >= 0.3 is 0 Å². The first-order valence-corrected chi connectivity index (χ1v) is 9.66. The predicted molar refractivity (Wildman–Crippen MR) is 99.5 cm³/mol. The second-order valence-corrected chi connectivity index (χ2v) is 7.48. The molecule has 0 saturated carbocycles. The van der Waals surface area contributed by atoms with Gasteiger partial charge in [0.1, 0.15) is 6.10 Å². The van der Waals surface area contributed by atoms with E-state index in [-0.39, 0.29) is 12.0 Å². The summed E-state index contributed by atoms with van der Waals surface area (Å²) >= 11 is 0. The molecule has 1 aromatic carbocycles. The molecule has 1 aliphatic heterocycles. The highest BCUT2D eigenvalue weighted by molar-refractivity contribution is 5.92. The molecule has 2 aliphatic rings. The Labute approximate surface area is 159 Å². The number of carbonyl (C=O) groups is 1. The lowest BCUT2D eigenvalue weighted by Crippen LogP contribution is -2.29. The van der Waals surface area contributed by atoms with Crippen molar-refractivity contribution >= 4 is 5.91 Å². The minimum absolute atomic E-state index is 0.198. The molecule has 1 aromatic heterocycles. The molecule has 4 rings (SSSR count). The number of carbonyl (C=O) groups excluding carboxylic acids is 1. The van der Waals surface area contributed by atoms with Crippen LogP contribution in [0.15, 0.2) is 34.9 Å². The highest BCUT2D eigenvalue weighted by Crippen LogP contribution is 2.36. The monoisotopic (exact) mass is 370 g/mol. The van der Waals surface area contributed by atoms with Gasteiger partial charge in [-0.2, -0.15) is 0 Å². The quantitative estimate of drug-likeness (QED) is 0.846. The van der Waals surface area contributed by atoms with Gasteiger partial charge in [0.15, 0.2) is 11.5 Å². The Bertz CT molecular complexity index is 782. The van der Waals surface area contributed by atoms with E-state index in [0.717, 1.165) is 32.3 Å². The minimum Gasteiger partial charge on any atom is -0.381 e. The average molecular weight is 370 g/mol. The van der Waals surface area contributed by atoms with Crippen LogP contribution in [0.4, 0.5) is 0 Å². The molecule has 1 aliphatic carbocycles. The van der Waals surface area contributed by atoms with E-state index in [1.165, 1.54) is 11.1 Å². The lowest BCUT2D eigenvalue weighted by Gasteiger charge is -2.29. The van der Waals surface area contributed by atoms with Crippen LogP contribution in [0.25, 0.3) is 0 Å². The molecule has 2 aromatic rings. The average Bonchev–Trinajstić information content (AvgIpc) is 3.39. The lowest BCUT2D eigenvalue weighted by molar-refractivity contribution is 0.0244. The molecule has 0 bridgehead atoms. The molecule has 3 atom stereocenters. The standard InChI is InChI=1S/C21H26N2O4/c1-25-20(17-7-6-15-4-2-3-5-16(15)10-17)19-11-18(23-27-19)21(24)22-12-14-8-9-26-13-14/h2-5,11,14,17,20H,6-10,12-13H2,1H3,(H,22,24). The topological polar surface area (TPSA) is 73.6 Å². The number of amides is 1. The third-order valence-electron chi connectivity index (χ3n) is 5.68. The number of aryl methyl sites for hydroxylation is 1. The van der Waals surface area contributed by atoms with E-state index in [2.05, 4.69) is 34.7 Å². The van der Waals surface area contributed by atoms with Crippen molar-refractivity contribution in [1.82, 2.24) is 10.5 Å². The third-order valence-corrected chi connectivity index (χ3v) is 5.68.